The van der Waals surface area contributed by atoms with Crippen LogP contribution >= 0.6 is 35.3 Å². The van der Waals surface area contributed by atoms with E-state index in [4.69, 9.17) is 9.73 Å². The van der Waals surface area contributed by atoms with Crippen LogP contribution in [-0.4, -0.2) is 49.2 Å². The van der Waals surface area contributed by atoms with E-state index in [-0.39, 0.29) is 24.0 Å². The van der Waals surface area contributed by atoms with Gasteiger partial charge in [-0.2, -0.15) is 0 Å². The number of thiazole rings is 1. The van der Waals surface area contributed by atoms with E-state index in [0.29, 0.717) is 18.4 Å². The van der Waals surface area contributed by atoms with Crippen molar-refractivity contribution in [1.29, 1.82) is 0 Å². The van der Waals surface area contributed by atoms with Gasteiger partial charge in [0.1, 0.15) is 0 Å². The van der Waals surface area contributed by atoms with Crippen LogP contribution in [0.5, 0.6) is 0 Å². The average molecular weight is 452 g/mol. The molecule has 0 bridgehead atoms. The van der Waals surface area contributed by atoms with E-state index < -0.39 is 0 Å². The van der Waals surface area contributed by atoms with Gasteiger partial charge in [0, 0.05) is 44.0 Å². The number of ether oxygens (including phenoxy) is 1. The van der Waals surface area contributed by atoms with Gasteiger partial charge in [0.25, 0.3) is 0 Å². The molecule has 0 aliphatic carbocycles. The molecule has 1 atom stereocenters. The second-order valence-electron chi connectivity index (χ2n) is 6.06. The molecule has 0 saturated carbocycles. The zero-order valence-electron chi connectivity index (χ0n) is 14.5. The molecular weight excluding hydrogens is 423 g/mol. The van der Waals surface area contributed by atoms with Crippen molar-refractivity contribution < 1.29 is 4.74 Å². The first kappa shape index (κ1) is 20.6. The summed E-state index contributed by atoms with van der Waals surface area (Å²) in [5.41, 5.74) is 1.07. The molecule has 23 heavy (non-hydrogen) atoms. The number of guanidine groups is 1. The lowest BCUT2D eigenvalue weighted by Crippen LogP contribution is -2.40. The van der Waals surface area contributed by atoms with Crippen LogP contribution in [-0.2, 0) is 11.3 Å². The Labute approximate surface area is 160 Å². The van der Waals surface area contributed by atoms with E-state index in [0.717, 1.165) is 37.9 Å². The minimum absolute atomic E-state index is 0. The number of nitrogens with zero attached hydrogens (tertiary/aromatic N) is 3. The van der Waals surface area contributed by atoms with E-state index in [9.17, 15) is 0 Å². The van der Waals surface area contributed by atoms with Gasteiger partial charge in [-0.3, -0.25) is 0 Å². The Morgan fingerprint density at radius 3 is 2.96 bits per heavy atom. The monoisotopic (exact) mass is 452 g/mol. The van der Waals surface area contributed by atoms with Crippen molar-refractivity contribution in [3.05, 3.63) is 16.1 Å². The molecule has 0 spiro atoms. The van der Waals surface area contributed by atoms with Crippen molar-refractivity contribution in [2.45, 2.75) is 39.7 Å². The van der Waals surface area contributed by atoms with E-state index in [1.807, 2.05) is 0 Å². The van der Waals surface area contributed by atoms with Crippen molar-refractivity contribution in [3.8, 4) is 0 Å². The molecule has 1 N–H and O–H groups in total. The number of halogens is 1. The largest absolute Gasteiger partial charge is 0.384 e. The Balaban J connectivity index is 0.00000264. The highest BCUT2D eigenvalue weighted by atomic mass is 127. The summed E-state index contributed by atoms with van der Waals surface area (Å²) in [5, 5.41) is 6.71. The third-order valence-corrected chi connectivity index (χ3v) is 4.97. The lowest BCUT2D eigenvalue weighted by molar-refractivity contribution is 0.157. The molecule has 0 amide bonds. The second-order valence-corrected chi connectivity index (χ2v) is 6.95. The van der Waals surface area contributed by atoms with Gasteiger partial charge < -0.3 is 15.0 Å². The highest BCUT2D eigenvalue weighted by Crippen LogP contribution is 2.20. The van der Waals surface area contributed by atoms with Gasteiger partial charge in [-0.25, -0.2) is 9.98 Å². The number of hydrogen-bond donors (Lipinski definition) is 1. The molecule has 1 fully saturated rings. The predicted molar refractivity (Wildman–Crippen MR) is 108 cm³/mol. The maximum atomic E-state index is 5.27. The number of methoxy groups -OCH3 is 1. The van der Waals surface area contributed by atoms with Crippen LogP contribution in [0, 0.1) is 5.92 Å². The van der Waals surface area contributed by atoms with Crippen LogP contribution < -0.4 is 5.32 Å². The van der Waals surface area contributed by atoms with Crippen LogP contribution in [0.4, 0.5) is 0 Å². The van der Waals surface area contributed by atoms with Crippen LogP contribution in [0.2, 0.25) is 0 Å². The van der Waals surface area contributed by atoms with E-state index >= 15 is 0 Å². The van der Waals surface area contributed by atoms with Crippen molar-refractivity contribution in [2.75, 3.05) is 33.4 Å². The summed E-state index contributed by atoms with van der Waals surface area (Å²) >= 11 is 1.73. The Kier molecular flexibility index (Phi) is 9.38. The summed E-state index contributed by atoms with van der Waals surface area (Å²) in [6.45, 7) is 10.9. The van der Waals surface area contributed by atoms with Gasteiger partial charge in [0.15, 0.2) is 5.96 Å². The Morgan fingerprint density at radius 2 is 2.35 bits per heavy atom. The molecule has 1 aliphatic rings. The Bertz CT molecular complexity index is 492. The number of aliphatic imine (C=N–C) groups is 1. The Hall–Kier alpha value is -0.410. The van der Waals surface area contributed by atoms with Crippen molar-refractivity contribution >= 4 is 41.3 Å². The lowest BCUT2D eigenvalue weighted by atomic mass is 10.1. The first-order valence-electron chi connectivity index (χ1n) is 8.10. The predicted octanol–water partition coefficient (Wildman–Crippen LogP) is 3.32. The van der Waals surface area contributed by atoms with Crippen molar-refractivity contribution in [1.82, 2.24) is 15.2 Å². The number of rotatable bonds is 6. The molecule has 1 aromatic rings. The SMILES string of the molecule is CCNC(=NCc1csc(C(C)C)n1)N1CCC(COC)C1.I. The minimum Gasteiger partial charge on any atom is -0.384 e. The highest BCUT2D eigenvalue weighted by molar-refractivity contribution is 14.0. The van der Waals surface area contributed by atoms with Crippen LogP contribution in [0.1, 0.15) is 43.8 Å². The van der Waals surface area contributed by atoms with Crippen molar-refractivity contribution in [3.63, 3.8) is 0 Å². The first-order chi connectivity index (χ1) is 10.6. The summed E-state index contributed by atoms with van der Waals surface area (Å²) in [5.74, 6) is 2.10. The normalized spacial score (nSPS) is 18.4. The molecule has 7 heteroatoms. The summed E-state index contributed by atoms with van der Waals surface area (Å²) in [7, 11) is 1.77. The molecule has 1 aliphatic heterocycles. The number of aromatic nitrogens is 1. The van der Waals surface area contributed by atoms with Gasteiger partial charge in [-0.05, 0) is 13.3 Å². The number of hydrogen-bond acceptors (Lipinski definition) is 4. The first-order valence-corrected chi connectivity index (χ1v) is 8.98. The fourth-order valence-electron chi connectivity index (χ4n) is 2.64. The summed E-state index contributed by atoms with van der Waals surface area (Å²) < 4.78 is 5.27. The third-order valence-electron chi connectivity index (χ3n) is 3.78. The Morgan fingerprint density at radius 1 is 1.57 bits per heavy atom. The van der Waals surface area contributed by atoms with Gasteiger partial charge in [-0.15, -0.1) is 35.3 Å². The third kappa shape index (κ3) is 6.19. The van der Waals surface area contributed by atoms with Crippen LogP contribution in [0.3, 0.4) is 0 Å². The van der Waals surface area contributed by atoms with Gasteiger partial charge >= 0.3 is 0 Å². The molecule has 0 aromatic carbocycles. The standard InChI is InChI=1S/C16H28N4OS.HI/c1-5-17-16(20-7-6-13(9-20)10-21-4)18-8-14-11-22-15(19-14)12(2)3;/h11-13H,5-10H2,1-4H3,(H,17,18);1H. The number of nitrogens with one attached hydrogen (secondary N) is 1. The average Bonchev–Trinajstić information content (AvgIpc) is 3.13. The van der Waals surface area contributed by atoms with Crippen LogP contribution in [0.25, 0.3) is 0 Å². The van der Waals surface area contributed by atoms with E-state index in [1.165, 1.54) is 11.4 Å². The van der Waals surface area contributed by atoms with Gasteiger partial charge in [0.05, 0.1) is 23.9 Å². The van der Waals surface area contributed by atoms with Crippen molar-refractivity contribution in [2.24, 2.45) is 10.9 Å². The van der Waals surface area contributed by atoms with E-state index in [2.05, 4.69) is 41.4 Å². The molecule has 2 heterocycles. The summed E-state index contributed by atoms with van der Waals surface area (Å²) in [4.78, 5) is 11.8. The zero-order valence-corrected chi connectivity index (χ0v) is 17.7. The molecule has 1 unspecified atom stereocenters. The van der Waals surface area contributed by atoms with Gasteiger partial charge in [0.2, 0.25) is 0 Å². The second kappa shape index (κ2) is 10.5. The smallest absolute Gasteiger partial charge is 0.194 e. The quantitative estimate of drug-likeness (QED) is 0.409. The zero-order chi connectivity index (χ0) is 15.9. The minimum atomic E-state index is 0. The summed E-state index contributed by atoms with van der Waals surface area (Å²) in [6.07, 6.45) is 1.17. The molecule has 5 nitrogen and oxygen atoms in total. The molecule has 132 valence electrons. The maximum Gasteiger partial charge on any atom is 0.194 e. The number of likely N-dealkylation sites (tertiary alicyclic amines) is 1. The maximum absolute atomic E-state index is 5.27. The fourth-order valence-corrected chi connectivity index (χ4v) is 3.47. The molecule has 2 rings (SSSR count). The molecule has 0 radical (unpaired) electrons. The molecular formula is C16H29IN4OS. The topological polar surface area (TPSA) is 49.8 Å². The summed E-state index contributed by atoms with van der Waals surface area (Å²) in [6, 6.07) is 0. The molecule has 1 aromatic heterocycles. The lowest BCUT2D eigenvalue weighted by Gasteiger charge is -2.21. The van der Waals surface area contributed by atoms with Gasteiger partial charge in [-0.1, -0.05) is 13.8 Å². The highest BCUT2D eigenvalue weighted by Gasteiger charge is 2.24. The van der Waals surface area contributed by atoms with Crippen LogP contribution in [0.15, 0.2) is 10.4 Å². The fraction of sp³-hybridized carbons (Fsp3) is 0.750. The molecule has 1 saturated heterocycles. The van der Waals surface area contributed by atoms with E-state index in [1.54, 1.807) is 18.4 Å².